The lowest BCUT2D eigenvalue weighted by Crippen LogP contribution is -2.15. The maximum atomic E-state index is 8.91. The molecule has 1 rings (SSSR count). The van der Waals surface area contributed by atoms with E-state index in [0.29, 0.717) is 17.2 Å². The Kier molecular flexibility index (Phi) is 4.59. The summed E-state index contributed by atoms with van der Waals surface area (Å²) < 4.78 is 5.18. The summed E-state index contributed by atoms with van der Waals surface area (Å²) in [6, 6.07) is 1.69. The number of ether oxygens (including phenoxy) is 1. The molecule has 1 aromatic carbocycles. The molecule has 0 radical (unpaired) electrons. The number of methoxy groups -OCH3 is 1. The molecule has 3 N–H and O–H groups in total. The summed E-state index contributed by atoms with van der Waals surface area (Å²) in [5, 5.41) is 9.51. The van der Waals surface area contributed by atoms with Crippen LogP contribution in [0.2, 0.25) is 5.02 Å². The van der Waals surface area contributed by atoms with Crippen molar-refractivity contribution in [3.05, 3.63) is 27.8 Å². The van der Waals surface area contributed by atoms with Crippen LogP contribution in [0, 0.1) is 13.8 Å². The van der Waals surface area contributed by atoms with Crippen molar-refractivity contribution in [3.63, 3.8) is 0 Å². The molecule has 0 aliphatic heterocycles. The fourth-order valence-electron chi connectivity index (χ4n) is 1.94. The van der Waals surface area contributed by atoms with Gasteiger partial charge in [-0.1, -0.05) is 11.6 Å². The SMILES string of the molecule is COc1cc(C)c(C(N)CCO)c(C)c1Cl. The van der Waals surface area contributed by atoms with Crippen LogP contribution in [-0.4, -0.2) is 18.8 Å². The van der Waals surface area contributed by atoms with Gasteiger partial charge < -0.3 is 15.6 Å². The van der Waals surface area contributed by atoms with Gasteiger partial charge in [0.25, 0.3) is 0 Å². The van der Waals surface area contributed by atoms with Crippen LogP contribution >= 0.6 is 11.6 Å². The van der Waals surface area contributed by atoms with Crippen LogP contribution in [0.3, 0.4) is 0 Å². The highest BCUT2D eigenvalue weighted by Crippen LogP contribution is 2.35. The summed E-state index contributed by atoms with van der Waals surface area (Å²) in [7, 11) is 1.59. The summed E-state index contributed by atoms with van der Waals surface area (Å²) in [6.45, 7) is 3.96. The average molecular weight is 244 g/mol. The highest BCUT2D eigenvalue weighted by Gasteiger charge is 2.16. The quantitative estimate of drug-likeness (QED) is 0.854. The summed E-state index contributed by atoms with van der Waals surface area (Å²) in [4.78, 5) is 0. The summed E-state index contributed by atoms with van der Waals surface area (Å²) >= 11 is 6.17. The van der Waals surface area contributed by atoms with Gasteiger partial charge in [-0.2, -0.15) is 0 Å². The number of rotatable bonds is 4. The van der Waals surface area contributed by atoms with E-state index in [1.54, 1.807) is 7.11 Å². The zero-order chi connectivity index (χ0) is 12.3. The highest BCUT2D eigenvalue weighted by molar-refractivity contribution is 6.33. The number of hydrogen-bond donors (Lipinski definition) is 2. The Bertz CT molecular complexity index is 380. The molecule has 3 nitrogen and oxygen atoms in total. The second-order valence-corrected chi connectivity index (χ2v) is 4.25. The normalized spacial score (nSPS) is 12.6. The minimum atomic E-state index is -0.187. The molecule has 0 saturated heterocycles. The third-order valence-corrected chi connectivity index (χ3v) is 3.22. The fourth-order valence-corrected chi connectivity index (χ4v) is 2.17. The first-order chi connectivity index (χ1) is 7.52. The lowest BCUT2D eigenvalue weighted by atomic mass is 9.94. The molecule has 1 unspecified atom stereocenters. The number of benzene rings is 1. The van der Waals surface area contributed by atoms with Gasteiger partial charge in [-0.15, -0.1) is 0 Å². The van der Waals surface area contributed by atoms with Gasteiger partial charge in [0.05, 0.1) is 12.1 Å². The molecule has 0 heterocycles. The van der Waals surface area contributed by atoms with Gasteiger partial charge >= 0.3 is 0 Å². The Hall–Kier alpha value is -0.770. The van der Waals surface area contributed by atoms with E-state index in [9.17, 15) is 0 Å². The fraction of sp³-hybridized carbons (Fsp3) is 0.500. The van der Waals surface area contributed by atoms with Gasteiger partial charge in [-0.05, 0) is 43.0 Å². The van der Waals surface area contributed by atoms with E-state index in [-0.39, 0.29) is 12.6 Å². The first-order valence-electron chi connectivity index (χ1n) is 5.23. The summed E-state index contributed by atoms with van der Waals surface area (Å²) in [5.41, 5.74) is 8.98. The van der Waals surface area contributed by atoms with Crippen molar-refractivity contribution in [2.45, 2.75) is 26.3 Å². The molecule has 90 valence electrons. The van der Waals surface area contributed by atoms with Crippen LogP contribution in [-0.2, 0) is 0 Å². The summed E-state index contributed by atoms with van der Waals surface area (Å²) in [5.74, 6) is 0.664. The molecule has 0 spiro atoms. The zero-order valence-corrected chi connectivity index (χ0v) is 10.6. The minimum Gasteiger partial charge on any atom is -0.495 e. The lowest BCUT2D eigenvalue weighted by molar-refractivity contribution is 0.276. The summed E-state index contributed by atoms with van der Waals surface area (Å²) in [6.07, 6.45) is 0.532. The third kappa shape index (κ3) is 2.48. The molecule has 1 aromatic rings. The number of aliphatic hydroxyl groups is 1. The molecule has 0 fully saturated rings. The molecular formula is C12H18ClNO2. The number of nitrogens with two attached hydrogens (primary N) is 1. The van der Waals surface area contributed by atoms with E-state index in [0.717, 1.165) is 16.7 Å². The van der Waals surface area contributed by atoms with E-state index in [2.05, 4.69) is 0 Å². The van der Waals surface area contributed by atoms with Crippen molar-refractivity contribution in [2.24, 2.45) is 5.73 Å². The van der Waals surface area contributed by atoms with Crippen molar-refractivity contribution in [1.29, 1.82) is 0 Å². The van der Waals surface area contributed by atoms with Gasteiger partial charge in [0.2, 0.25) is 0 Å². The number of halogens is 1. The largest absolute Gasteiger partial charge is 0.495 e. The zero-order valence-electron chi connectivity index (χ0n) is 9.88. The van der Waals surface area contributed by atoms with E-state index >= 15 is 0 Å². The lowest BCUT2D eigenvalue weighted by Gasteiger charge is -2.19. The number of aryl methyl sites for hydroxylation is 1. The minimum absolute atomic E-state index is 0.0731. The second-order valence-electron chi connectivity index (χ2n) is 3.87. The van der Waals surface area contributed by atoms with Crippen LogP contribution < -0.4 is 10.5 Å². The van der Waals surface area contributed by atoms with Crippen molar-refractivity contribution in [3.8, 4) is 5.75 Å². The first-order valence-corrected chi connectivity index (χ1v) is 5.60. The number of aliphatic hydroxyl groups excluding tert-OH is 1. The molecule has 0 aromatic heterocycles. The molecule has 0 aliphatic rings. The van der Waals surface area contributed by atoms with Gasteiger partial charge in [-0.25, -0.2) is 0 Å². The van der Waals surface area contributed by atoms with E-state index in [1.165, 1.54) is 0 Å². The highest BCUT2D eigenvalue weighted by atomic mass is 35.5. The molecule has 16 heavy (non-hydrogen) atoms. The van der Waals surface area contributed by atoms with E-state index < -0.39 is 0 Å². The Morgan fingerprint density at radius 1 is 1.50 bits per heavy atom. The predicted molar refractivity (Wildman–Crippen MR) is 66.1 cm³/mol. The monoisotopic (exact) mass is 243 g/mol. The van der Waals surface area contributed by atoms with Gasteiger partial charge in [0.1, 0.15) is 5.75 Å². The second kappa shape index (κ2) is 5.53. The molecule has 1 atom stereocenters. The molecule has 0 amide bonds. The average Bonchev–Trinajstić information content (AvgIpc) is 2.24. The van der Waals surface area contributed by atoms with Crippen LogP contribution in [0.15, 0.2) is 6.07 Å². The smallest absolute Gasteiger partial charge is 0.138 e. The molecule has 4 heteroatoms. The Morgan fingerprint density at radius 2 is 2.12 bits per heavy atom. The molecule has 0 bridgehead atoms. The maximum Gasteiger partial charge on any atom is 0.138 e. The van der Waals surface area contributed by atoms with E-state index in [1.807, 2.05) is 19.9 Å². The molecule has 0 saturated carbocycles. The van der Waals surface area contributed by atoms with E-state index in [4.69, 9.17) is 27.2 Å². The van der Waals surface area contributed by atoms with Gasteiger partial charge in [0.15, 0.2) is 0 Å². The Labute approximate surface area is 101 Å². The van der Waals surface area contributed by atoms with Crippen LogP contribution in [0.1, 0.15) is 29.2 Å². The van der Waals surface area contributed by atoms with Crippen molar-refractivity contribution in [2.75, 3.05) is 13.7 Å². The molecular weight excluding hydrogens is 226 g/mol. The van der Waals surface area contributed by atoms with Gasteiger partial charge in [-0.3, -0.25) is 0 Å². The Morgan fingerprint density at radius 3 is 2.62 bits per heavy atom. The van der Waals surface area contributed by atoms with Crippen molar-refractivity contribution >= 4 is 11.6 Å². The maximum absolute atomic E-state index is 8.91. The van der Waals surface area contributed by atoms with Crippen LogP contribution in [0.25, 0.3) is 0 Å². The topological polar surface area (TPSA) is 55.5 Å². The standard InChI is InChI=1S/C12H18ClNO2/c1-7-6-10(16-3)12(13)8(2)11(7)9(14)4-5-15/h6,9,15H,4-5,14H2,1-3H3. The predicted octanol–water partition coefficient (Wildman–Crippen LogP) is 2.35. The Balaban J connectivity index is 3.24. The van der Waals surface area contributed by atoms with Gasteiger partial charge in [0, 0.05) is 12.6 Å². The third-order valence-electron chi connectivity index (χ3n) is 2.75. The van der Waals surface area contributed by atoms with Crippen molar-refractivity contribution in [1.82, 2.24) is 0 Å². The van der Waals surface area contributed by atoms with Crippen LogP contribution in [0.5, 0.6) is 5.75 Å². The first kappa shape index (κ1) is 13.3. The molecule has 0 aliphatic carbocycles. The van der Waals surface area contributed by atoms with Crippen LogP contribution in [0.4, 0.5) is 0 Å². The van der Waals surface area contributed by atoms with Crippen molar-refractivity contribution < 1.29 is 9.84 Å². The number of hydrogen-bond acceptors (Lipinski definition) is 3.